The van der Waals surface area contributed by atoms with Crippen molar-refractivity contribution in [1.29, 1.82) is 0 Å². The summed E-state index contributed by atoms with van der Waals surface area (Å²) >= 11 is 0. The average Bonchev–Trinajstić information content (AvgIpc) is 2.81. The highest BCUT2D eigenvalue weighted by molar-refractivity contribution is 5.94. The molecule has 0 saturated carbocycles. The van der Waals surface area contributed by atoms with Gasteiger partial charge in [0, 0.05) is 24.2 Å². The van der Waals surface area contributed by atoms with Crippen LogP contribution in [0.4, 0.5) is 0 Å². The average molecular weight is 433 g/mol. The van der Waals surface area contributed by atoms with Gasteiger partial charge in [-0.15, -0.1) is 0 Å². The smallest absolute Gasteiger partial charge is 0.251 e. The molecule has 0 aliphatic heterocycles. The fourth-order valence-electron chi connectivity index (χ4n) is 3.34. The van der Waals surface area contributed by atoms with Crippen molar-refractivity contribution in [2.45, 2.75) is 26.4 Å². The first-order valence-corrected chi connectivity index (χ1v) is 10.4. The summed E-state index contributed by atoms with van der Waals surface area (Å²) < 4.78 is 10.5. The van der Waals surface area contributed by atoms with Crippen LogP contribution in [0.15, 0.2) is 66.7 Å². The maximum atomic E-state index is 12.4. The molecule has 0 heterocycles. The van der Waals surface area contributed by atoms with Gasteiger partial charge in [-0.3, -0.25) is 9.59 Å². The maximum Gasteiger partial charge on any atom is 0.251 e. The van der Waals surface area contributed by atoms with Crippen LogP contribution < -0.4 is 20.1 Å². The van der Waals surface area contributed by atoms with Crippen LogP contribution in [0.3, 0.4) is 0 Å². The number of carbonyl (C=O) groups excluding carboxylic acids is 2. The molecule has 0 fully saturated rings. The molecule has 0 atom stereocenters. The first-order valence-electron chi connectivity index (χ1n) is 10.4. The predicted octanol–water partition coefficient (Wildman–Crippen LogP) is 3.80. The largest absolute Gasteiger partial charge is 0.497 e. The topological polar surface area (TPSA) is 76.7 Å². The molecular weight excluding hydrogens is 404 g/mol. The highest BCUT2D eigenvalue weighted by atomic mass is 16.5. The van der Waals surface area contributed by atoms with Crippen LogP contribution in [0.5, 0.6) is 11.5 Å². The van der Waals surface area contributed by atoms with E-state index in [0.29, 0.717) is 30.2 Å². The van der Waals surface area contributed by atoms with Crippen molar-refractivity contribution >= 4 is 11.8 Å². The Morgan fingerprint density at radius 2 is 1.56 bits per heavy atom. The minimum absolute atomic E-state index is 0.128. The van der Waals surface area contributed by atoms with E-state index in [2.05, 4.69) is 10.6 Å². The minimum Gasteiger partial charge on any atom is -0.497 e. The SMILES string of the molecule is COc1ccc(OC)c(CC(=O)NCc2ccc(C(=O)NCc3cccc(C)c3)cc2)c1. The number of carbonyl (C=O) groups is 2. The van der Waals surface area contributed by atoms with Crippen LogP contribution in [0.2, 0.25) is 0 Å². The first kappa shape index (κ1) is 22.9. The van der Waals surface area contributed by atoms with Crippen molar-refractivity contribution in [2.75, 3.05) is 14.2 Å². The van der Waals surface area contributed by atoms with Crippen molar-refractivity contribution in [3.63, 3.8) is 0 Å². The summed E-state index contributed by atoms with van der Waals surface area (Å²) in [5, 5.41) is 5.83. The monoisotopic (exact) mass is 432 g/mol. The third-order valence-electron chi connectivity index (χ3n) is 5.08. The highest BCUT2D eigenvalue weighted by Gasteiger charge is 2.11. The van der Waals surface area contributed by atoms with E-state index in [1.54, 1.807) is 44.6 Å². The lowest BCUT2D eigenvalue weighted by atomic mass is 10.1. The number of aryl methyl sites for hydroxylation is 1. The number of methoxy groups -OCH3 is 2. The molecule has 0 aliphatic carbocycles. The van der Waals surface area contributed by atoms with Gasteiger partial charge >= 0.3 is 0 Å². The summed E-state index contributed by atoms with van der Waals surface area (Å²) in [6.07, 6.45) is 0.180. The molecule has 0 spiro atoms. The second-order valence-electron chi connectivity index (χ2n) is 7.50. The number of ether oxygens (including phenoxy) is 2. The molecule has 3 aromatic carbocycles. The lowest BCUT2D eigenvalue weighted by Gasteiger charge is -2.11. The molecule has 166 valence electrons. The molecule has 3 rings (SSSR count). The van der Waals surface area contributed by atoms with Crippen LogP contribution in [0, 0.1) is 6.92 Å². The zero-order valence-corrected chi connectivity index (χ0v) is 18.6. The van der Waals surface area contributed by atoms with Gasteiger partial charge in [-0.25, -0.2) is 0 Å². The standard InChI is InChI=1S/C26H28N2O4/c1-18-5-4-6-20(13-18)17-28-26(30)21-9-7-19(8-10-21)16-27-25(29)15-22-14-23(31-2)11-12-24(22)32-3/h4-14H,15-17H2,1-3H3,(H,27,29)(H,28,30). The molecule has 0 bridgehead atoms. The van der Waals surface area contributed by atoms with E-state index < -0.39 is 0 Å². The Hall–Kier alpha value is -3.80. The van der Waals surface area contributed by atoms with E-state index >= 15 is 0 Å². The molecule has 32 heavy (non-hydrogen) atoms. The fourth-order valence-corrected chi connectivity index (χ4v) is 3.34. The number of benzene rings is 3. The second kappa shape index (κ2) is 11.0. The quantitative estimate of drug-likeness (QED) is 0.539. The molecule has 2 N–H and O–H groups in total. The molecule has 2 amide bonds. The summed E-state index contributed by atoms with van der Waals surface area (Å²) in [6.45, 7) is 2.87. The molecule has 6 nitrogen and oxygen atoms in total. The lowest BCUT2D eigenvalue weighted by molar-refractivity contribution is -0.120. The summed E-state index contributed by atoms with van der Waals surface area (Å²) in [5.41, 5.74) is 4.46. The van der Waals surface area contributed by atoms with Gasteiger partial charge in [-0.05, 0) is 48.4 Å². The van der Waals surface area contributed by atoms with Crippen molar-refractivity contribution in [2.24, 2.45) is 0 Å². The van der Waals surface area contributed by atoms with Crippen molar-refractivity contribution in [1.82, 2.24) is 10.6 Å². The van der Waals surface area contributed by atoms with Gasteiger partial charge in [0.25, 0.3) is 5.91 Å². The van der Waals surface area contributed by atoms with Crippen molar-refractivity contribution in [3.8, 4) is 11.5 Å². The third-order valence-corrected chi connectivity index (χ3v) is 5.08. The van der Waals surface area contributed by atoms with Crippen LogP contribution in [0.25, 0.3) is 0 Å². The highest BCUT2D eigenvalue weighted by Crippen LogP contribution is 2.24. The Bertz CT molecular complexity index is 1080. The van der Waals surface area contributed by atoms with E-state index in [0.717, 1.165) is 22.3 Å². The second-order valence-corrected chi connectivity index (χ2v) is 7.50. The normalized spacial score (nSPS) is 10.3. The van der Waals surface area contributed by atoms with E-state index in [9.17, 15) is 9.59 Å². The predicted molar refractivity (Wildman–Crippen MR) is 124 cm³/mol. The van der Waals surface area contributed by atoms with E-state index in [1.165, 1.54) is 0 Å². The van der Waals surface area contributed by atoms with Gasteiger partial charge in [0.05, 0.1) is 20.6 Å². The Labute approximate surface area is 188 Å². The number of rotatable bonds is 9. The molecule has 0 unspecified atom stereocenters. The zero-order chi connectivity index (χ0) is 22.9. The Morgan fingerprint density at radius 1 is 0.812 bits per heavy atom. The zero-order valence-electron chi connectivity index (χ0n) is 18.6. The molecule has 3 aromatic rings. The summed E-state index contributed by atoms with van der Waals surface area (Å²) in [6, 6.07) is 20.6. The van der Waals surface area contributed by atoms with Crippen LogP contribution in [-0.4, -0.2) is 26.0 Å². The van der Waals surface area contributed by atoms with E-state index in [4.69, 9.17) is 9.47 Å². The molecule has 0 aliphatic rings. The van der Waals surface area contributed by atoms with Crippen LogP contribution in [0.1, 0.15) is 32.6 Å². The van der Waals surface area contributed by atoms with Crippen LogP contribution in [-0.2, 0) is 24.3 Å². The van der Waals surface area contributed by atoms with Crippen molar-refractivity contribution in [3.05, 3.63) is 94.5 Å². The molecule has 0 aromatic heterocycles. The van der Waals surface area contributed by atoms with Gasteiger partial charge in [0.1, 0.15) is 11.5 Å². The Kier molecular flexibility index (Phi) is 7.86. The van der Waals surface area contributed by atoms with E-state index in [-0.39, 0.29) is 18.2 Å². The third kappa shape index (κ3) is 6.35. The molecule has 0 saturated heterocycles. The van der Waals surface area contributed by atoms with Gasteiger partial charge in [-0.1, -0.05) is 42.0 Å². The van der Waals surface area contributed by atoms with E-state index in [1.807, 2.05) is 43.3 Å². The van der Waals surface area contributed by atoms with Gasteiger partial charge in [0.2, 0.25) is 5.91 Å². The first-order chi connectivity index (χ1) is 15.5. The summed E-state index contributed by atoms with van der Waals surface area (Å²) in [4.78, 5) is 24.8. The summed E-state index contributed by atoms with van der Waals surface area (Å²) in [7, 11) is 3.15. The summed E-state index contributed by atoms with van der Waals surface area (Å²) in [5.74, 6) is 1.05. The molecular formula is C26H28N2O4. The minimum atomic E-state index is -0.132. The van der Waals surface area contributed by atoms with Gasteiger partial charge < -0.3 is 20.1 Å². The molecule has 0 radical (unpaired) electrons. The van der Waals surface area contributed by atoms with Crippen LogP contribution >= 0.6 is 0 Å². The fraction of sp³-hybridized carbons (Fsp3) is 0.231. The number of nitrogens with one attached hydrogen (secondary N) is 2. The number of amides is 2. The number of hydrogen-bond acceptors (Lipinski definition) is 4. The van der Waals surface area contributed by atoms with Crippen molar-refractivity contribution < 1.29 is 19.1 Å². The van der Waals surface area contributed by atoms with Gasteiger partial charge in [-0.2, -0.15) is 0 Å². The molecule has 6 heteroatoms. The lowest BCUT2D eigenvalue weighted by Crippen LogP contribution is -2.25. The number of hydrogen-bond donors (Lipinski definition) is 2. The van der Waals surface area contributed by atoms with Gasteiger partial charge in [0.15, 0.2) is 0 Å². The maximum absolute atomic E-state index is 12.4. The Balaban J connectivity index is 1.51. The Morgan fingerprint density at radius 3 is 2.25 bits per heavy atom.